The molecule has 0 bridgehead atoms. The summed E-state index contributed by atoms with van der Waals surface area (Å²) in [6, 6.07) is 20.1. The van der Waals surface area contributed by atoms with E-state index in [1.165, 1.54) is 6.33 Å². The molecule has 1 unspecified atom stereocenters. The summed E-state index contributed by atoms with van der Waals surface area (Å²) in [6.07, 6.45) is 1.46. The molecule has 10 heteroatoms. The van der Waals surface area contributed by atoms with E-state index in [-0.39, 0.29) is 12.5 Å². The lowest BCUT2D eigenvalue weighted by Gasteiger charge is -2.29. The van der Waals surface area contributed by atoms with E-state index in [0.29, 0.717) is 45.3 Å². The zero-order valence-corrected chi connectivity index (χ0v) is 22.3. The van der Waals surface area contributed by atoms with E-state index in [4.69, 9.17) is 32.7 Å². The SMILES string of the molecule is COc1cc(C2C(C(=O)NCc3ccccc3)=C(C)Nc3ncnn32)ccc1OCc1ccc(Cl)c(Cl)c1. The van der Waals surface area contributed by atoms with Crippen LogP contribution in [0.1, 0.15) is 29.7 Å². The van der Waals surface area contributed by atoms with Gasteiger partial charge in [0.05, 0.1) is 22.7 Å². The predicted molar refractivity (Wildman–Crippen MR) is 147 cm³/mol. The van der Waals surface area contributed by atoms with Gasteiger partial charge in [0.15, 0.2) is 11.5 Å². The number of aromatic nitrogens is 3. The third-order valence-electron chi connectivity index (χ3n) is 6.22. The van der Waals surface area contributed by atoms with Crippen LogP contribution in [0.25, 0.3) is 0 Å². The molecule has 1 aliphatic heterocycles. The van der Waals surface area contributed by atoms with Gasteiger partial charge in [0.25, 0.3) is 5.91 Å². The Morgan fingerprint density at radius 2 is 1.84 bits per heavy atom. The Morgan fingerprint density at radius 3 is 2.61 bits per heavy atom. The van der Waals surface area contributed by atoms with Crippen LogP contribution in [0.3, 0.4) is 0 Å². The van der Waals surface area contributed by atoms with E-state index in [9.17, 15) is 4.79 Å². The molecule has 38 heavy (non-hydrogen) atoms. The minimum atomic E-state index is -0.525. The number of nitrogens with one attached hydrogen (secondary N) is 2. The van der Waals surface area contributed by atoms with Crippen LogP contribution in [-0.4, -0.2) is 27.8 Å². The van der Waals surface area contributed by atoms with Gasteiger partial charge in [-0.15, -0.1) is 0 Å². The van der Waals surface area contributed by atoms with Crippen molar-refractivity contribution in [1.82, 2.24) is 20.1 Å². The summed E-state index contributed by atoms with van der Waals surface area (Å²) in [6.45, 7) is 2.53. The number of carbonyl (C=O) groups excluding carboxylic acids is 1. The van der Waals surface area contributed by atoms with Crippen LogP contribution in [0.15, 0.2) is 84.3 Å². The van der Waals surface area contributed by atoms with Crippen molar-refractivity contribution in [1.29, 1.82) is 0 Å². The van der Waals surface area contributed by atoms with E-state index >= 15 is 0 Å². The smallest absolute Gasteiger partial charge is 0.251 e. The number of rotatable bonds is 8. The fraction of sp³-hybridized carbons (Fsp3) is 0.179. The van der Waals surface area contributed by atoms with Crippen LogP contribution in [0.4, 0.5) is 5.95 Å². The Morgan fingerprint density at radius 1 is 1.03 bits per heavy atom. The summed E-state index contributed by atoms with van der Waals surface area (Å²) in [5.74, 6) is 1.41. The molecule has 194 valence electrons. The van der Waals surface area contributed by atoms with E-state index < -0.39 is 6.04 Å². The normalized spacial score (nSPS) is 14.5. The highest BCUT2D eigenvalue weighted by atomic mass is 35.5. The zero-order valence-electron chi connectivity index (χ0n) is 20.7. The number of carbonyl (C=O) groups is 1. The van der Waals surface area contributed by atoms with Crippen LogP contribution >= 0.6 is 23.2 Å². The van der Waals surface area contributed by atoms with Gasteiger partial charge in [0.1, 0.15) is 19.0 Å². The largest absolute Gasteiger partial charge is 0.493 e. The van der Waals surface area contributed by atoms with Crippen molar-refractivity contribution in [3.63, 3.8) is 0 Å². The van der Waals surface area contributed by atoms with Crippen LogP contribution in [-0.2, 0) is 17.9 Å². The van der Waals surface area contributed by atoms with Gasteiger partial charge < -0.3 is 20.1 Å². The lowest BCUT2D eigenvalue weighted by Crippen LogP contribution is -2.34. The minimum Gasteiger partial charge on any atom is -0.493 e. The van der Waals surface area contributed by atoms with Crippen molar-refractivity contribution in [3.05, 3.63) is 111 Å². The van der Waals surface area contributed by atoms with Gasteiger partial charge in [-0.25, -0.2) is 4.68 Å². The molecule has 2 heterocycles. The van der Waals surface area contributed by atoms with Crippen LogP contribution in [0, 0.1) is 0 Å². The van der Waals surface area contributed by atoms with E-state index in [2.05, 4.69) is 20.7 Å². The summed E-state index contributed by atoms with van der Waals surface area (Å²) >= 11 is 12.2. The number of benzene rings is 3. The highest BCUT2D eigenvalue weighted by Crippen LogP contribution is 2.38. The summed E-state index contributed by atoms with van der Waals surface area (Å²) in [5, 5.41) is 11.6. The maximum Gasteiger partial charge on any atom is 0.251 e. The fourth-order valence-corrected chi connectivity index (χ4v) is 4.65. The molecular weight excluding hydrogens is 525 g/mol. The molecule has 0 saturated heterocycles. The second kappa shape index (κ2) is 11.2. The molecule has 0 fully saturated rings. The molecule has 0 spiro atoms. The van der Waals surface area contributed by atoms with E-state index in [1.54, 1.807) is 23.9 Å². The third-order valence-corrected chi connectivity index (χ3v) is 6.96. The summed E-state index contributed by atoms with van der Waals surface area (Å²) in [5.41, 5.74) is 3.89. The maximum atomic E-state index is 13.5. The molecule has 2 N–H and O–H groups in total. The van der Waals surface area contributed by atoms with Crippen molar-refractivity contribution in [3.8, 4) is 11.5 Å². The molecule has 0 saturated carbocycles. The zero-order chi connectivity index (χ0) is 26.6. The van der Waals surface area contributed by atoms with Crippen LogP contribution < -0.4 is 20.1 Å². The predicted octanol–water partition coefficient (Wildman–Crippen LogP) is 5.78. The van der Waals surface area contributed by atoms with Crippen molar-refractivity contribution in [2.24, 2.45) is 0 Å². The average molecular weight is 550 g/mol. The number of anilines is 1. The number of nitrogens with zero attached hydrogens (tertiary/aromatic N) is 3. The van der Waals surface area contributed by atoms with Crippen LogP contribution in [0.5, 0.6) is 11.5 Å². The Kier molecular flexibility index (Phi) is 7.53. The minimum absolute atomic E-state index is 0.205. The average Bonchev–Trinajstić information content (AvgIpc) is 3.40. The Hall–Kier alpha value is -4.01. The topological polar surface area (TPSA) is 90.3 Å². The first kappa shape index (κ1) is 25.6. The molecule has 3 aromatic carbocycles. The Bertz CT molecular complexity index is 1500. The van der Waals surface area contributed by atoms with Crippen molar-refractivity contribution in [2.75, 3.05) is 12.4 Å². The Balaban J connectivity index is 1.43. The monoisotopic (exact) mass is 549 g/mol. The Labute approximate surface area is 230 Å². The molecule has 4 aromatic rings. The van der Waals surface area contributed by atoms with Crippen molar-refractivity contribution in [2.45, 2.75) is 26.1 Å². The van der Waals surface area contributed by atoms with Crippen molar-refractivity contribution >= 4 is 35.1 Å². The number of amides is 1. The molecule has 0 radical (unpaired) electrons. The summed E-state index contributed by atoms with van der Waals surface area (Å²) in [7, 11) is 1.57. The number of halogens is 2. The number of fused-ring (bicyclic) bond motifs is 1. The molecule has 1 amide bonds. The van der Waals surface area contributed by atoms with Gasteiger partial charge in [0, 0.05) is 12.2 Å². The van der Waals surface area contributed by atoms with Crippen molar-refractivity contribution < 1.29 is 14.3 Å². The number of ether oxygens (including phenoxy) is 2. The van der Waals surface area contributed by atoms with Gasteiger partial charge >= 0.3 is 0 Å². The summed E-state index contributed by atoms with van der Waals surface area (Å²) in [4.78, 5) is 17.8. The number of hydrogen-bond acceptors (Lipinski definition) is 6. The standard InChI is InChI=1S/C28H25Cl2N5O3/c1-17-25(27(36)31-14-18-6-4-3-5-7-18)26(35-28(34-17)32-16-33-35)20-9-11-23(24(13-20)37-2)38-15-19-8-10-21(29)22(30)12-19/h3-13,16,26H,14-15H2,1-2H3,(H,31,36)(H,32,33,34). The van der Waals surface area contributed by atoms with Gasteiger partial charge in [-0.05, 0) is 47.9 Å². The van der Waals surface area contributed by atoms with Gasteiger partial charge in [-0.1, -0.05) is 65.7 Å². The number of hydrogen-bond donors (Lipinski definition) is 2. The molecule has 1 aromatic heterocycles. The number of methoxy groups -OCH3 is 1. The second-order valence-electron chi connectivity index (χ2n) is 8.71. The molecular formula is C28H25Cl2N5O3. The summed E-state index contributed by atoms with van der Waals surface area (Å²) < 4.78 is 13.4. The van der Waals surface area contributed by atoms with Gasteiger partial charge in [-0.2, -0.15) is 10.1 Å². The third kappa shape index (κ3) is 5.32. The first-order valence-corrected chi connectivity index (χ1v) is 12.6. The van der Waals surface area contributed by atoms with E-state index in [0.717, 1.165) is 16.7 Å². The van der Waals surface area contributed by atoms with Crippen LogP contribution in [0.2, 0.25) is 10.0 Å². The fourth-order valence-electron chi connectivity index (χ4n) is 4.33. The molecule has 1 atom stereocenters. The number of allylic oxidation sites excluding steroid dienone is 1. The maximum absolute atomic E-state index is 13.5. The highest BCUT2D eigenvalue weighted by Gasteiger charge is 2.33. The molecule has 0 aliphatic carbocycles. The molecule has 1 aliphatic rings. The van der Waals surface area contributed by atoms with E-state index in [1.807, 2.05) is 61.5 Å². The quantitative estimate of drug-likeness (QED) is 0.289. The second-order valence-corrected chi connectivity index (χ2v) is 9.52. The highest BCUT2D eigenvalue weighted by molar-refractivity contribution is 6.42. The molecule has 5 rings (SSSR count). The van der Waals surface area contributed by atoms with Gasteiger partial charge in [0.2, 0.25) is 5.95 Å². The first-order chi connectivity index (χ1) is 18.4. The lowest BCUT2D eigenvalue weighted by atomic mass is 9.94. The first-order valence-electron chi connectivity index (χ1n) is 11.9. The van der Waals surface area contributed by atoms with Gasteiger partial charge in [-0.3, -0.25) is 4.79 Å². The lowest BCUT2D eigenvalue weighted by molar-refractivity contribution is -0.118. The molecule has 8 nitrogen and oxygen atoms in total.